The molecule has 0 atom stereocenters. The van der Waals surface area contributed by atoms with E-state index in [1.165, 1.54) is 5.56 Å². The summed E-state index contributed by atoms with van der Waals surface area (Å²) in [6.07, 6.45) is 0.959. The lowest BCUT2D eigenvalue weighted by Crippen LogP contribution is -2.04. The Labute approximate surface area is 102 Å². The smallest absolute Gasteiger partial charge is 0.0991 e. The maximum atomic E-state index is 8.69. The zero-order valence-corrected chi connectivity index (χ0v) is 9.56. The fourth-order valence-corrected chi connectivity index (χ4v) is 1.65. The number of benzene rings is 2. The molecule has 0 spiro atoms. The van der Waals surface area contributed by atoms with Gasteiger partial charge >= 0.3 is 0 Å². The average Bonchev–Trinajstić information content (AvgIpc) is 2.41. The van der Waals surface area contributed by atoms with Crippen LogP contribution >= 0.6 is 0 Å². The molecule has 84 valence electrons. The highest BCUT2D eigenvalue weighted by Gasteiger charge is 1.94. The van der Waals surface area contributed by atoms with Crippen molar-refractivity contribution >= 4 is 5.69 Å². The summed E-state index contributed by atoms with van der Waals surface area (Å²) in [7, 11) is 0. The Hall–Kier alpha value is -2.27. The van der Waals surface area contributed by atoms with Crippen LogP contribution in [0.5, 0.6) is 0 Å². The molecule has 0 aliphatic heterocycles. The van der Waals surface area contributed by atoms with Gasteiger partial charge in [-0.15, -0.1) is 0 Å². The van der Waals surface area contributed by atoms with Gasteiger partial charge in [-0.25, -0.2) is 0 Å². The molecule has 2 heteroatoms. The first-order valence-electron chi connectivity index (χ1n) is 5.66. The minimum Gasteiger partial charge on any atom is -0.385 e. The molecule has 0 unspecified atom stereocenters. The Balaban J connectivity index is 1.84. The van der Waals surface area contributed by atoms with Gasteiger partial charge in [0.15, 0.2) is 0 Å². The van der Waals surface area contributed by atoms with Gasteiger partial charge in [0.05, 0.1) is 11.6 Å². The van der Waals surface area contributed by atoms with E-state index in [-0.39, 0.29) is 0 Å². The second kappa shape index (κ2) is 5.72. The van der Waals surface area contributed by atoms with Gasteiger partial charge in [-0.3, -0.25) is 0 Å². The third kappa shape index (κ3) is 3.35. The highest BCUT2D eigenvalue weighted by atomic mass is 14.9. The molecule has 0 amide bonds. The van der Waals surface area contributed by atoms with E-state index >= 15 is 0 Å². The molecule has 17 heavy (non-hydrogen) atoms. The maximum Gasteiger partial charge on any atom is 0.0991 e. The van der Waals surface area contributed by atoms with Crippen LogP contribution in [0.4, 0.5) is 5.69 Å². The van der Waals surface area contributed by atoms with Crippen LogP contribution in [0.15, 0.2) is 54.6 Å². The number of nitriles is 1. The largest absolute Gasteiger partial charge is 0.385 e. The summed E-state index contributed by atoms with van der Waals surface area (Å²) in [5.74, 6) is 0. The fraction of sp³-hybridized carbons (Fsp3) is 0.133. The molecule has 0 bridgehead atoms. The van der Waals surface area contributed by atoms with Crippen LogP contribution in [0.25, 0.3) is 0 Å². The van der Waals surface area contributed by atoms with E-state index in [2.05, 4.69) is 23.5 Å². The van der Waals surface area contributed by atoms with Crippen molar-refractivity contribution in [2.24, 2.45) is 0 Å². The third-order valence-corrected chi connectivity index (χ3v) is 2.60. The summed E-state index contributed by atoms with van der Waals surface area (Å²) in [4.78, 5) is 0. The van der Waals surface area contributed by atoms with E-state index in [4.69, 9.17) is 5.26 Å². The summed E-state index contributed by atoms with van der Waals surface area (Å²) in [5, 5.41) is 12.0. The molecule has 0 aromatic heterocycles. The molecule has 2 rings (SSSR count). The van der Waals surface area contributed by atoms with Gasteiger partial charge in [-0.2, -0.15) is 5.26 Å². The van der Waals surface area contributed by atoms with Crippen LogP contribution < -0.4 is 5.32 Å². The number of hydrogen-bond donors (Lipinski definition) is 1. The molecule has 0 saturated carbocycles. The first-order valence-corrected chi connectivity index (χ1v) is 5.66. The molecule has 0 aliphatic rings. The zero-order chi connectivity index (χ0) is 11.9. The topological polar surface area (TPSA) is 35.8 Å². The summed E-state index contributed by atoms with van der Waals surface area (Å²) >= 11 is 0. The zero-order valence-electron chi connectivity index (χ0n) is 9.56. The van der Waals surface area contributed by atoms with E-state index in [1.54, 1.807) is 0 Å². The van der Waals surface area contributed by atoms with Gasteiger partial charge in [0, 0.05) is 12.2 Å². The van der Waals surface area contributed by atoms with Gasteiger partial charge in [-0.05, 0) is 36.2 Å². The molecule has 0 fully saturated rings. The predicted molar refractivity (Wildman–Crippen MR) is 69.8 cm³/mol. The summed E-state index contributed by atoms with van der Waals surface area (Å²) in [6.45, 7) is 0.899. The number of anilines is 1. The summed E-state index contributed by atoms with van der Waals surface area (Å²) in [5.41, 5.74) is 3.10. The Morgan fingerprint density at radius 3 is 2.29 bits per heavy atom. The lowest BCUT2D eigenvalue weighted by atomic mass is 10.1. The standard InChI is InChI=1S/C15H14N2/c16-12-14-8-6-13(7-9-14)10-11-17-15-4-2-1-3-5-15/h1-9,17H,10-11H2. The molecule has 0 radical (unpaired) electrons. The molecule has 2 aromatic rings. The van der Waals surface area contributed by atoms with E-state index in [0.29, 0.717) is 5.56 Å². The Bertz CT molecular complexity index is 495. The Morgan fingerprint density at radius 1 is 0.941 bits per heavy atom. The van der Waals surface area contributed by atoms with Crippen LogP contribution in [0, 0.1) is 11.3 Å². The van der Waals surface area contributed by atoms with Crippen molar-refractivity contribution in [1.29, 1.82) is 5.26 Å². The van der Waals surface area contributed by atoms with E-state index < -0.39 is 0 Å². The number of rotatable bonds is 4. The van der Waals surface area contributed by atoms with Gasteiger partial charge in [0.2, 0.25) is 0 Å². The molecule has 2 aromatic carbocycles. The average molecular weight is 222 g/mol. The van der Waals surface area contributed by atoms with Crippen molar-refractivity contribution in [3.05, 3.63) is 65.7 Å². The van der Waals surface area contributed by atoms with E-state index in [0.717, 1.165) is 18.7 Å². The normalized spacial score (nSPS) is 9.59. The minimum atomic E-state index is 0.713. The van der Waals surface area contributed by atoms with E-state index in [1.807, 2.05) is 42.5 Å². The molecular formula is C15H14N2. The SMILES string of the molecule is N#Cc1ccc(CCNc2ccccc2)cc1. The number of hydrogen-bond acceptors (Lipinski definition) is 2. The predicted octanol–water partition coefficient (Wildman–Crippen LogP) is 3.21. The van der Waals surface area contributed by atoms with E-state index in [9.17, 15) is 0 Å². The molecule has 0 saturated heterocycles. The maximum absolute atomic E-state index is 8.69. The van der Waals surface area contributed by atoms with Gasteiger partial charge in [0.1, 0.15) is 0 Å². The lowest BCUT2D eigenvalue weighted by molar-refractivity contribution is 1.02. The van der Waals surface area contributed by atoms with Crippen molar-refractivity contribution in [3.8, 4) is 6.07 Å². The van der Waals surface area contributed by atoms with Crippen LogP contribution in [0.2, 0.25) is 0 Å². The molecule has 2 nitrogen and oxygen atoms in total. The molecular weight excluding hydrogens is 208 g/mol. The molecule has 0 heterocycles. The lowest BCUT2D eigenvalue weighted by Gasteiger charge is -2.06. The van der Waals surface area contributed by atoms with Gasteiger partial charge < -0.3 is 5.32 Å². The highest BCUT2D eigenvalue weighted by molar-refractivity contribution is 5.42. The quantitative estimate of drug-likeness (QED) is 0.862. The van der Waals surface area contributed by atoms with Crippen molar-refractivity contribution < 1.29 is 0 Å². The van der Waals surface area contributed by atoms with Crippen LogP contribution in [0.3, 0.4) is 0 Å². The highest BCUT2D eigenvalue weighted by Crippen LogP contribution is 2.07. The van der Waals surface area contributed by atoms with Crippen LogP contribution in [0.1, 0.15) is 11.1 Å². The van der Waals surface area contributed by atoms with Crippen molar-refractivity contribution in [1.82, 2.24) is 0 Å². The number of para-hydroxylation sites is 1. The number of nitrogens with one attached hydrogen (secondary N) is 1. The second-order valence-corrected chi connectivity index (χ2v) is 3.85. The molecule has 1 N–H and O–H groups in total. The Morgan fingerprint density at radius 2 is 1.65 bits per heavy atom. The second-order valence-electron chi connectivity index (χ2n) is 3.85. The van der Waals surface area contributed by atoms with Crippen molar-refractivity contribution in [3.63, 3.8) is 0 Å². The van der Waals surface area contributed by atoms with Crippen LogP contribution in [-0.2, 0) is 6.42 Å². The molecule has 0 aliphatic carbocycles. The minimum absolute atomic E-state index is 0.713. The van der Waals surface area contributed by atoms with Crippen LogP contribution in [-0.4, -0.2) is 6.54 Å². The summed E-state index contributed by atoms with van der Waals surface area (Å²) < 4.78 is 0. The third-order valence-electron chi connectivity index (χ3n) is 2.60. The summed E-state index contributed by atoms with van der Waals surface area (Å²) in [6, 6.07) is 20.0. The first kappa shape index (κ1) is 11.2. The van der Waals surface area contributed by atoms with Gasteiger partial charge in [-0.1, -0.05) is 30.3 Å². The number of nitrogens with zero attached hydrogens (tertiary/aromatic N) is 1. The first-order chi connectivity index (χ1) is 8.38. The monoisotopic (exact) mass is 222 g/mol. The Kier molecular flexibility index (Phi) is 3.77. The van der Waals surface area contributed by atoms with Crippen molar-refractivity contribution in [2.75, 3.05) is 11.9 Å². The van der Waals surface area contributed by atoms with Crippen molar-refractivity contribution in [2.45, 2.75) is 6.42 Å². The van der Waals surface area contributed by atoms with Gasteiger partial charge in [0.25, 0.3) is 0 Å². The fourth-order valence-electron chi connectivity index (χ4n) is 1.65.